The number of pyridine rings is 1. The first-order valence-electron chi connectivity index (χ1n) is 8.91. The monoisotopic (exact) mass is 358 g/mol. The molecule has 2 fully saturated rings. The molecule has 2 amide bonds. The number of nitrogens with zero attached hydrogens (tertiary/aromatic N) is 3. The van der Waals surface area contributed by atoms with Gasteiger partial charge in [0, 0.05) is 32.2 Å². The third kappa shape index (κ3) is 3.16. The van der Waals surface area contributed by atoms with Gasteiger partial charge in [-0.25, -0.2) is 0 Å². The molecule has 0 bridgehead atoms. The lowest BCUT2D eigenvalue weighted by molar-refractivity contribution is -0.135. The fraction of sp³-hybridized carbons (Fsp3) is 0.556. The smallest absolute Gasteiger partial charge is 0.273 e. The van der Waals surface area contributed by atoms with E-state index in [0.29, 0.717) is 50.5 Å². The van der Waals surface area contributed by atoms with Crippen molar-refractivity contribution in [2.75, 3.05) is 31.6 Å². The number of likely N-dealkylation sites (tertiary alicyclic amines) is 1. The lowest BCUT2D eigenvalue weighted by Crippen LogP contribution is -2.40. The standard InChI is InChI=1S/C18H22N4O4/c1-12-14(3-2-6-19-12)20-16(23)15-9-18(26-21-15)5-7-22(11-18)17(24)13-4-8-25-10-13/h2-3,6,13H,4-5,7-11H2,1H3,(H,20,23)/t13-,18-/m0/s1. The molecule has 0 aliphatic carbocycles. The van der Waals surface area contributed by atoms with E-state index in [9.17, 15) is 9.59 Å². The summed E-state index contributed by atoms with van der Waals surface area (Å²) in [6.07, 6.45) is 3.54. The summed E-state index contributed by atoms with van der Waals surface area (Å²) in [6, 6.07) is 3.57. The molecule has 8 nitrogen and oxygen atoms in total. The van der Waals surface area contributed by atoms with E-state index in [0.717, 1.165) is 12.1 Å². The number of oxime groups is 1. The number of ether oxygens (including phenoxy) is 1. The molecule has 8 heteroatoms. The van der Waals surface area contributed by atoms with Gasteiger partial charge in [0.1, 0.15) is 5.71 Å². The molecule has 2 saturated heterocycles. The Balaban J connectivity index is 1.36. The van der Waals surface area contributed by atoms with Gasteiger partial charge in [0.05, 0.1) is 30.5 Å². The maximum atomic E-state index is 12.5. The zero-order valence-corrected chi connectivity index (χ0v) is 14.7. The third-order valence-electron chi connectivity index (χ3n) is 5.26. The highest BCUT2D eigenvalue weighted by Crippen LogP contribution is 2.35. The molecular formula is C18H22N4O4. The van der Waals surface area contributed by atoms with Crippen LogP contribution in [-0.4, -0.2) is 59.3 Å². The fourth-order valence-corrected chi connectivity index (χ4v) is 3.69. The van der Waals surface area contributed by atoms with Gasteiger partial charge >= 0.3 is 0 Å². The lowest BCUT2D eigenvalue weighted by Gasteiger charge is -2.23. The predicted molar refractivity (Wildman–Crippen MR) is 93.6 cm³/mol. The van der Waals surface area contributed by atoms with Gasteiger partial charge in [0.2, 0.25) is 5.91 Å². The van der Waals surface area contributed by atoms with E-state index >= 15 is 0 Å². The minimum Gasteiger partial charge on any atom is -0.386 e. The second kappa shape index (κ2) is 6.68. The summed E-state index contributed by atoms with van der Waals surface area (Å²) in [5, 5.41) is 6.84. The first-order valence-corrected chi connectivity index (χ1v) is 8.91. The van der Waals surface area contributed by atoms with Gasteiger partial charge in [-0.15, -0.1) is 0 Å². The predicted octanol–water partition coefficient (Wildman–Crippen LogP) is 1.11. The highest BCUT2D eigenvalue weighted by Gasteiger charge is 2.48. The second-order valence-corrected chi connectivity index (χ2v) is 7.15. The molecule has 4 heterocycles. The number of rotatable bonds is 3. The van der Waals surface area contributed by atoms with Crippen LogP contribution in [0.5, 0.6) is 0 Å². The SMILES string of the molecule is Cc1ncccc1NC(=O)C1=NO[C@@]2(CCN(C(=O)[C@H]3CCOC3)C2)C1. The molecular weight excluding hydrogens is 336 g/mol. The van der Waals surface area contributed by atoms with Crippen LogP contribution in [0.1, 0.15) is 25.0 Å². The highest BCUT2D eigenvalue weighted by molar-refractivity contribution is 6.43. The Morgan fingerprint density at radius 2 is 2.31 bits per heavy atom. The summed E-state index contributed by atoms with van der Waals surface area (Å²) in [5.74, 6) is -0.220. The summed E-state index contributed by atoms with van der Waals surface area (Å²) in [7, 11) is 0. The first-order chi connectivity index (χ1) is 12.6. The van der Waals surface area contributed by atoms with Crippen molar-refractivity contribution in [3.63, 3.8) is 0 Å². The molecule has 1 spiro atoms. The van der Waals surface area contributed by atoms with Crippen LogP contribution in [0.2, 0.25) is 0 Å². The topological polar surface area (TPSA) is 93.1 Å². The Morgan fingerprint density at radius 3 is 3.08 bits per heavy atom. The number of carbonyl (C=O) groups is 2. The maximum absolute atomic E-state index is 12.5. The third-order valence-corrected chi connectivity index (χ3v) is 5.26. The Hall–Kier alpha value is -2.48. The van der Waals surface area contributed by atoms with Gasteiger partial charge < -0.3 is 19.8 Å². The maximum Gasteiger partial charge on any atom is 0.273 e. The number of amides is 2. The minimum absolute atomic E-state index is 0.0520. The van der Waals surface area contributed by atoms with Crippen molar-refractivity contribution in [2.45, 2.75) is 31.8 Å². The normalized spacial score (nSPS) is 27.5. The largest absolute Gasteiger partial charge is 0.386 e. The molecule has 0 aromatic carbocycles. The molecule has 138 valence electrons. The Bertz CT molecular complexity index is 759. The van der Waals surface area contributed by atoms with Crippen LogP contribution < -0.4 is 5.32 Å². The van der Waals surface area contributed by atoms with E-state index in [1.165, 1.54) is 0 Å². The quantitative estimate of drug-likeness (QED) is 0.874. The Morgan fingerprint density at radius 1 is 1.42 bits per heavy atom. The van der Waals surface area contributed by atoms with Crippen molar-refractivity contribution in [1.29, 1.82) is 0 Å². The van der Waals surface area contributed by atoms with Crippen LogP contribution in [0.4, 0.5) is 5.69 Å². The van der Waals surface area contributed by atoms with E-state index in [2.05, 4.69) is 15.5 Å². The van der Waals surface area contributed by atoms with Crippen LogP contribution in [0, 0.1) is 12.8 Å². The highest BCUT2D eigenvalue weighted by atomic mass is 16.7. The molecule has 3 aliphatic heterocycles. The van der Waals surface area contributed by atoms with Crippen molar-refractivity contribution in [3.8, 4) is 0 Å². The van der Waals surface area contributed by atoms with Crippen LogP contribution in [0.15, 0.2) is 23.5 Å². The van der Waals surface area contributed by atoms with Gasteiger partial charge in [0.15, 0.2) is 5.60 Å². The van der Waals surface area contributed by atoms with Gasteiger partial charge in [-0.2, -0.15) is 0 Å². The number of carbonyl (C=O) groups excluding carboxylic acids is 2. The summed E-state index contributed by atoms with van der Waals surface area (Å²) >= 11 is 0. The van der Waals surface area contributed by atoms with Crippen molar-refractivity contribution >= 4 is 23.2 Å². The minimum atomic E-state index is -0.578. The van der Waals surface area contributed by atoms with E-state index in [4.69, 9.17) is 9.57 Å². The summed E-state index contributed by atoms with van der Waals surface area (Å²) in [4.78, 5) is 36.6. The summed E-state index contributed by atoms with van der Waals surface area (Å²) in [5.41, 5.74) is 1.18. The molecule has 1 N–H and O–H groups in total. The number of hydrogen-bond donors (Lipinski definition) is 1. The number of aromatic nitrogens is 1. The summed E-state index contributed by atoms with van der Waals surface area (Å²) in [6.45, 7) is 4.07. The van der Waals surface area contributed by atoms with E-state index in [1.54, 1.807) is 18.3 Å². The zero-order chi connectivity index (χ0) is 18.1. The number of aryl methyl sites for hydroxylation is 1. The van der Waals surface area contributed by atoms with Crippen molar-refractivity contribution in [2.24, 2.45) is 11.1 Å². The molecule has 4 rings (SSSR count). The number of nitrogens with one attached hydrogen (secondary N) is 1. The molecule has 1 aromatic heterocycles. The Kier molecular flexibility index (Phi) is 4.36. The van der Waals surface area contributed by atoms with Crippen molar-refractivity contribution in [1.82, 2.24) is 9.88 Å². The molecule has 0 saturated carbocycles. The molecule has 26 heavy (non-hydrogen) atoms. The van der Waals surface area contributed by atoms with Crippen LogP contribution in [0.25, 0.3) is 0 Å². The summed E-state index contributed by atoms with van der Waals surface area (Å²) < 4.78 is 5.31. The van der Waals surface area contributed by atoms with Crippen LogP contribution in [-0.2, 0) is 19.2 Å². The number of anilines is 1. The van der Waals surface area contributed by atoms with E-state index in [-0.39, 0.29) is 17.7 Å². The molecule has 3 aliphatic rings. The van der Waals surface area contributed by atoms with Crippen LogP contribution in [0.3, 0.4) is 0 Å². The second-order valence-electron chi connectivity index (χ2n) is 7.15. The van der Waals surface area contributed by atoms with Gasteiger partial charge in [-0.3, -0.25) is 14.6 Å². The van der Waals surface area contributed by atoms with Crippen molar-refractivity contribution < 1.29 is 19.2 Å². The van der Waals surface area contributed by atoms with Gasteiger partial charge in [-0.05, 0) is 25.5 Å². The lowest BCUT2D eigenvalue weighted by atomic mass is 9.96. The molecule has 0 unspecified atom stereocenters. The van der Waals surface area contributed by atoms with E-state index in [1.807, 2.05) is 11.8 Å². The Labute approximate surface area is 151 Å². The van der Waals surface area contributed by atoms with Crippen molar-refractivity contribution in [3.05, 3.63) is 24.0 Å². The average Bonchev–Trinajstić information content (AvgIpc) is 3.38. The average molecular weight is 358 g/mol. The molecule has 1 aromatic rings. The molecule has 0 radical (unpaired) electrons. The number of hydrogen-bond acceptors (Lipinski definition) is 6. The van der Waals surface area contributed by atoms with E-state index < -0.39 is 5.60 Å². The van der Waals surface area contributed by atoms with Gasteiger partial charge in [0.25, 0.3) is 5.91 Å². The molecule has 2 atom stereocenters. The van der Waals surface area contributed by atoms with Crippen LogP contribution >= 0.6 is 0 Å². The van der Waals surface area contributed by atoms with Gasteiger partial charge in [-0.1, -0.05) is 5.16 Å². The fourth-order valence-electron chi connectivity index (χ4n) is 3.69. The first kappa shape index (κ1) is 17.0. The zero-order valence-electron chi connectivity index (χ0n) is 14.7.